The third-order valence-corrected chi connectivity index (χ3v) is 4.63. The second-order valence-electron chi connectivity index (χ2n) is 6.25. The zero-order valence-electron chi connectivity index (χ0n) is 12.7. The molecular formula is C17H25NO. The molecule has 1 aliphatic carbocycles. The van der Waals surface area contributed by atoms with E-state index in [1.54, 1.807) is 0 Å². The minimum Gasteiger partial charge on any atom is -0.296 e. The average molecular weight is 259 g/mol. The highest BCUT2D eigenvalue weighted by atomic mass is 16.1. The van der Waals surface area contributed by atoms with E-state index >= 15 is 0 Å². The number of carbonyl (C=O) groups is 1. The zero-order chi connectivity index (χ0) is 14.2. The highest BCUT2D eigenvalue weighted by molar-refractivity contribution is 6.00. The summed E-state index contributed by atoms with van der Waals surface area (Å²) in [4.78, 5) is 14.7. The third kappa shape index (κ3) is 3.24. The molecule has 19 heavy (non-hydrogen) atoms. The number of likely N-dealkylation sites (N-methyl/N-ethyl adjacent to an activating group) is 1. The first-order chi connectivity index (χ1) is 8.90. The van der Waals surface area contributed by atoms with E-state index in [9.17, 15) is 4.79 Å². The molecule has 0 heterocycles. The van der Waals surface area contributed by atoms with E-state index in [0.29, 0.717) is 0 Å². The maximum atomic E-state index is 12.5. The number of Topliss-reactive ketones (excluding diaryl/α,β-unsaturated/α-hetero) is 1. The Kier molecular flexibility index (Phi) is 4.10. The molecule has 1 aromatic rings. The Balaban J connectivity index is 2.03. The molecule has 3 atom stereocenters. The van der Waals surface area contributed by atoms with E-state index in [0.717, 1.165) is 23.9 Å². The lowest BCUT2D eigenvalue weighted by atomic mass is 9.99. The maximum absolute atomic E-state index is 12.5. The Labute approximate surface area is 116 Å². The number of rotatable bonds is 5. The molecule has 3 unspecified atom stereocenters. The second kappa shape index (κ2) is 5.46. The quantitative estimate of drug-likeness (QED) is 0.755. The molecule has 2 heteroatoms. The van der Waals surface area contributed by atoms with Gasteiger partial charge in [-0.25, -0.2) is 0 Å². The van der Waals surface area contributed by atoms with Crippen molar-refractivity contribution < 1.29 is 4.79 Å². The number of nitrogens with zero attached hydrogens (tertiary/aromatic N) is 1. The van der Waals surface area contributed by atoms with Crippen molar-refractivity contribution in [3.63, 3.8) is 0 Å². The molecule has 0 radical (unpaired) electrons. The van der Waals surface area contributed by atoms with Crippen LogP contribution in [0.4, 0.5) is 0 Å². The summed E-state index contributed by atoms with van der Waals surface area (Å²) in [5.41, 5.74) is 3.27. The predicted octanol–water partition coefficient (Wildman–Crippen LogP) is 3.46. The van der Waals surface area contributed by atoms with Crippen LogP contribution in [0.15, 0.2) is 18.2 Å². The van der Waals surface area contributed by atoms with E-state index in [1.807, 2.05) is 25.1 Å². The first-order valence-corrected chi connectivity index (χ1v) is 7.22. The van der Waals surface area contributed by atoms with Crippen molar-refractivity contribution in [2.24, 2.45) is 11.8 Å². The Morgan fingerprint density at radius 3 is 2.53 bits per heavy atom. The first kappa shape index (κ1) is 14.3. The average Bonchev–Trinajstić information content (AvgIpc) is 3.06. The van der Waals surface area contributed by atoms with Gasteiger partial charge in [-0.1, -0.05) is 19.1 Å². The van der Waals surface area contributed by atoms with Crippen molar-refractivity contribution in [2.75, 3.05) is 13.6 Å². The third-order valence-electron chi connectivity index (χ3n) is 4.63. The number of hydrogen-bond donors (Lipinski definition) is 0. The first-order valence-electron chi connectivity index (χ1n) is 7.22. The van der Waals surface area contributed by atoms with Crippen LogP contribution in [0.1, 0.15) is 41.8 Å². The van der Waals surface area contributed by atoms with Crippen LogP contribution in [-0.2, 0) is 0 Å². The van der Waals surface area contributed by atoms with Gasteiger partial charge in [0.05, 0.1) is 6.04 Å². The van der Waals surface area contributed by atoms with E-state index in [4.69, 9.17) is 0 Å². The van der Waals surface area contributed by atoms with Crippen LogP contribution in [0.3, 0.4) is 0 Å². The normalized spacial score (nSPS) is 23.5. The monoisotopic (exact) mass is 259 g/mol. The molecule has 0 N–H and O–H groups in total. The SMILES string of the molecule is Cc1ccc(C(=O)C(C)N(C)CC2CC2C)cc1C. The van der Waals surface area contributed by atoms with Crippen LogP contribution < -0.4 is 0 Å². The Hall–Kier alpha value is -1.15. The fourth-order valence-corrected chi connectivity index (χ4v) is 2.52. The van der Waals surface area contributed by atoms with E-state index < -0.39 is 0 Å². The number of aryl methyl sites for hydroxylation is 2. The van der Waals surface area contributed by atoms with Crippen LogP contribution in [0.2, 0.25) is 0 Å². The lowest BCUT2D eigenvalue weighted by molar-refractivity contribution is 0.0863. The molecule has 1 aromatic carbocycles. The standard InChI is InChI=1S/C17H25NO/c1-11-6-7-15(8-12(11)2)17(19)14(4)18(5)10-16-9-13(16)3/h6-8,13-14,16H,9-10H2,1-5H3. The molecular weight excluding hydrogens is 234 g/mol. The van der Waals surface area contributed by atoms with Crippen LogP contribution >= 0.6 is 0 Å². The van der Waals surface area contributed by atoms with Crippen molar-refractivity contribution in [1.82, 2.24) is 4.90 Å². The van der Waals surface area contributed by atoms with E-state index in [2.05, 4.69) is 32.7 Å². The maximum Gasteiger partial charge on any atom is 0.179 e. The minimum absolute atomic E-state index is 0.0325. The highest BCUT2D eigenvalue weighted by Crippen LogP contribution is 2.38. The molecule has 1 aliphatic rings. The molecule has 1 saturated carbocycles. The molecule has 0 bridgehead atoms. The highest BCUT2D eigenvalue weighted by Gasteiger charge is 2.34. The fourth-order valence-electron chi connectivity index (χ4n) is 2.52. The fraction of sp³-hybridized carbons (Fsp3) is 0.588. The minimum atomic E-state index is -0.0325. The summed E-state index contributed by atoms with van der Waals surface area (Å²) in [7, 11) is 2.06. The second-order valence-corrected chi connectivity index (χ2v) is 6.25. The number of benzene rings is 1. The number of hydrogen-bond acceptors (Lipinski definition) is 2. The van der Waals surface area contributed by atoms with E-state index in [-0.39, 0.29) is 11.8 Å². The topological polar surface area (TPSA) is 20.3 Å². The van der Waals surface area contributed by atoms with Gasteiger partial charge in [0.15, 0.2) is 5.78 Å². The molecule has 104 valence electrons. The van der Waals surface area contributed by atoms with Crippen LogP contribution in [0, 0.1) is 25.7 Å². The molecule has 0 aliphatic heterocycles. The molecule has 0 spiro atoms. The van der Waals surface area contributed by atoms with Crippen LogP contribution in [0.25, 0.3) is 0 Å². The van der Waals surface area contributed by atoms with Crippen molar-refractivity contribution in [3.05, 3.63) is 34.9 Å². The Morgan fingerprint density at radius 1 is 1.37 bits per heavy atom. The van der Waals surface area contributed by atoms with Crippen molar-refractivity contribution >= 4 is 5.78 Å². The zero-order valence-corrected chi connectivity index (χ0v) is 12.7. The summed E-state index contributed by atoms with van der Waals surface area (Å²) in [5, 5.41) is 0. The lowest BCUT2D eigenvalue weighted by Gasteiger charge is -2.24. The van der Waals surface area contributed by atoms with Gasteiger partial charge in [0, 0.05) is 12.1 Å². The molecule has 0 aromatic heterocycles. The Bertz CT molecular complexity index is 480. The van der Waals surface area contributed by atoms with Crippen molar-refractivity contribution in [1.29, 1.82) is 0 Å². The molecule has 0 amide bonds. The van der Waals surface area contributed by atoms with Gasteiger partial charge in [0.1, 0.15) is 0 Å². The smallest absolute Gasteiger partial charge is 0.179 e. The van der Waals surface area contributed by atoms with Gasteiger partial charge >= 0.3 is 0 Å². The predicted molar refractivity (Wildman–Crippen MR) is 79.6 cm³/mol. The lowest BCUT2D eigenvalue weighted by Crippen LogP contribution is -2.37. The van der Waals surface area contributed by atoms with Gasteiger partial charge in [0.25, 0.3) is 0 Å². The summed E-state index contributed by atoms with van der Waals surface area (Å²) in [6.45, 7) is 9.48. The van der Waals surface area contributed by atoms with Gasteiger partial charge in [-0.15, -0.1) is 0 Å². The molecule has 0 saturated heterocycles. The molecule has 2 nitrogen and oxygen atoms in total. The summed E-state index contributed by atoms with van der Waals surface area (Å²) in [5.74, 6) is 1.87. The molecule has 1 fully saturated rings. The van der Waals surface area contributed by atoms with Gasteiger partial charge in [-0.3, -0.25) is 9.69 Å². The van der Waals surface area contributed by atoms with E-state index in [1.165, 1.54) is 17.5 Å². The van der Waals surface area contributed by atoms with Gasteiger partial charge in [0.2, 0.25) is 0 Å². The van der Waals surface area contributed by atoms with Crippen molar-refractivity contribution in [2.45, 2.75) is 40.2 Å². The number of ketones is 1. The van der Waals surface area contributed by atoms with Gasteiger partial charge in [-0.2, -0.15) is 0 Å². The van der Waals surface area contributed by atoms with Gasteiger partial charge < -0.3 is 0 Å². The summed E-state index contributed by atoms with van der Waals surface area (Å²) in [6.07, 6.45) is 1.31. The molecule has 2 rings (SSSR count). The van der Waals surface area contributed by atoms with Crippen LogP contribution in [0.5, 0.6) is 0 Å². The van der Waals surface area contributed by atoms with Crippen molar-refractivity contribution in [3.8, 4) is 0 Å². The Morgan fingerprint density at radius 2 is 2.00 bits per heavy atom. The number of carbonyl (C=O) groups excluding carboxylic acids is 1. The largest absolute Gasteiger partial charge is 0.296 e. The van der Waals surface area contributed by atoms with Crippen LogP contribution in [-0.4, -0.2) is 30.3 Å². The summed E-state index contributed by atoms with van der Waals surface area (Å²) < 4.78 is 0. The van der Waals surface area contributed by atoms with Gasteiger partial charge in [-0.05, 0) is 63.3 Å². The summed E-state index contributed by atoms with van der Waals surface area (Å²) >= 11 is 0. The summed E-state index contributed by atoms with van der Waals surface area (Å²) in [6, 6.07) is 5.98.